The summed E-state index contributed by atoms with van der Waals surface area (Å²) in [6.45, 7) is 9.72. The van der Waals surface area contributed by atoms with Gasteiger partial charge in [-0.1, -0.05) is 11.6 Å². The molecule has 0 bridgehead atoms. The number of ether oxygens (including phenoxy) is 1. The normalized spacial score (nSPS) is 15.3. The first kappa shape index (κ1) is 22.3. The van der Waals surface area contributed by atoms with Crippen LogP contribution in [0.2, 0.25) is 5.02 Å². The zero-order valence-electron chi connectivity index (χ0n) is 18.8. The standard InChI is InChI=1S/C23H28ClN5O3/c1-14-16(18-11-25-17-5-6-19(30)20(24)21(17)26-18)13-29(27-14)12-15-7-9-28(10-8-15)22(31)32-23(2,3)4/h5-6,11,13,15,30H,7-10,12H2,1-4H3. The number of halogens is 1. The number of carbonyl (C=O) groups is 1. The van der Waals surface area contributed by atoms with Crippen molar-refractivity contribution >= 4 is 28.7 Å². The van der Waals surface area contributed by atoms with E-state index in [1.54, 1.807) is 17.2 Å². The van der Waals surface area contributed by atoms with Gasteiger partial charge in [0.25, 0.3) is 0 Å². The summed E-state index contributed by atoms with van der Waals surface area (Å²) < 4.78 is 7.42. The predicted molar refractivity (Wildman–Crippen MR) is 123 cm³/mol. The molecule has 8 nitrogen and oxygen atoms in total. The molecule has 3 aromatic rings. The highest BCUT2D eigenvalue weighted by atomic mass is 35.5. The number of hydrogen-bond donors (Lipinski definition) is 1. The molecule has 1 aromatic carbocycles. The van der Waals surface area contributed by atoms with Crippen LogP contribution in [-0.2, 0) is 11.3 Å². The maximum Gasteiger partial charge on any atom is 0.410 e. The van der Waals surface area contributed by atoms with Gasteiger partial charge in [-0.25, -0.2) is 9.78 Å². The zero-order valence-corrected chi connectivity index (χ0v) is 19.6. The van der Waals surface area contributed by atoms with Crippen molar-refractivity contribution in [1.82, 2.24) is 24.6 Å². The minimum Gasteiger partial charge on any atom is -0.506 e. The van der Waals surface area contributed by atoms with Crippen molar-refractivity contribution in [2.45, 2.75) is 52.7 Å². The van der Waals surface area contributed by atoms with Gasteiger partial charge in [-0.3, -0.25) is 9.67 Å². The monoisotopic (exact) mass is 457 g/mol. The van der Waals surface area contributed by atoms with Gasteiger partial charge in [0.2, 0.25) is 0 Å². The highest BCUT2D eigenvalue weighted by Crippen LogP contribution is 2.32. The van der Waals surface area contributed by atoms with E-state index >= 15 is 0 Å². The summed E-state index contributed by atoms with van der Waals surface area (Å²) in [5.74, 6) is 0.408. The fraction of sp³-hybridized carbons (Fsp3) is 0.478. The summed E-state index contributed by atoms with van der Waals surface area (Å²) in [4.78, 5) is 23.1. The summed E-state index contributed by atoms with van der Waals surface area (Å²) in [6.07, 6.45) is 5.23. The number of benzene rings is 1. The van der Waals surface area contributed by atoms with E-state index in [4.69, 9.17) is 16.3 Å². The van der Waals surface area contributed by atoms with Gasteiger partial charge in [-0.2, -0.15) is 5.10 Å². The summed E-state index contributed by atoms with van der Waals surface area (Å²) in [6, 6.07) is 3.20. The molecule has 1 fully saturated rings. The highest BCUT2D eigenvalue weighted by molar-refractivity contribution is 6.36. The molecule has 1 N–H and O–H groups in total. The smallest absolute Gasteiger partial charge is 0.410 e. The molecule has 3 heterocycles. The Hall–Kier alpha value is -2.87. The number of rotatable bonds is 3. The number of aromatic hydroxyl groups is 1. The van der Waals surface area contributed by atoms with E-state index in [2.05, 4.69) is 15.1 Å². The topological polar surface area (TPSA) is 93.4 Å². The van der Waals surface area contributed by atoms with Crippen molar-refractivity contribution in [3.8, 4) is 17.0 Å². The Morgan fingerprint density at radius 3 is 2.69 bits per heavy atom. The number of nitrogens with zero attached hydrogens (tertiary/aromatic N) is 5. The van der Waals surface area contributed by atoms with E-state index in [1.807, 2.05) is 38.6 Å². The van der Waals surface area contributed by atoms with Crippen LogP contribution in [0.15, 0.2) is 24.5 Å². The largest absolute Gasteiger partial charge is 0.506 e. The van der Waals surface area contributed by atoms with Crippen LogP contribution in [0.5, 0.6) is 5.75 Å². The lowest BCUT2D eigenvalue weighted by Crippen LogP contribution is -2.42. The fourth-order valence-electron chi connectivity index (χ4n) is 3.92. The third kappa shape index (κ3) is 4.80. The minimum absolute atomic E-state index is 0.0178. The Morgan fingerprint density at radius 2 is 2.00 bits per heavy atom. The summed E-state index contributed by atoms with van der Waals surface area (Å²) >= 11 is 6.22. The molecule has 2 aromatic heterocycles. The number of aryl methyl sites for hydroxylation is 1. The molecular weight excluding hydrogens is 430 g/mol. The highest BCUT2D eigenvalue weighted by Gasteiger charge is 2.27. The average Bonchev–Trinajstić information content (AvgIpc) is 3.10. The molecule has 0 atom stereocenters. The first-order valence-electron chi connectivity index (χ1n) is 10.8. The number of carbonyl (C=O) groups excluding carboxylic acids is 1. The van der Waals surface area contributed by atoms with Gasteiger partial charge in [0.15, 0.2) is 0 Å². The van der Waals surface area contributed by atoms with E-state index in [9.17, 15) is 9.90 Å². The molecule has 0 spiro atoms. The predicted octanol–water partition coefficient (Wildman–Crippen LogP) is 4.81. The molecule has 1 aliphatic heterocycles. The molecule has 1 amide bonds. The third-order valence-electron chi connectivity index (χ3n) is 5.57. The molecule has 0 aliphatic carbocycles. The Balaban J connectivity index is 1.44. The second-order valence-electron chi connectivity index (χ2n) is 9.28. The van der Waals surface area contributed by atoms with Gasteiger partial charge >= 0.3 is 6.09 Å². The quantitative estimate of drug-likeness (QED) is 0.606. The summed E-state index contributed by atoms with van der Waals surface area (Å²) in [5.41, 5.74) is 3.00. The van der Waals surface area contributed by atoms with Crippen LogP contribution >= 0.6 is 11.6 Å². The van der Waals surface area contributed by atoms with E-state index in [-0.39, 0.29) is 16.9 Å². The van der Waals surface area contributed by atoms with Gasteiger partial charge in [0.1, 0.15) is 21.9 Å². The van der Waals surface area contributed by atoms with Crippen molar-refractivity contribution < 1.29 is 14.6 Å². The lowest BCUT2D eigenvalue weighted by Gasteiger charge is -2.33. The van der Waals surface area contributed by atoms with Gasteiger partial charge in [-0.15, -0.1) is 0 Å². The second-order valence-corrected chi connectivity index (χ2v) is 9.66. The third-order valence-corrected chi connectivity index (χ3v) is 5.94. The van der Waals surface area contributed by atoms with E-state index in [1.165, 1.54) is 6.07 Å². The molecule has 0 unspecified atom stereocenters. The van der Waals surface area contributed by atoms with Crippen LogP contribution in [0.4, 0.5) is 4.79 Å². The molecular formula is C23H28ClN5O3. The number of likely N-dealkylation sites (tertiary alicyclic amines) is 1. The van der Waals surface area contributed by atoms with Gasteiger partial charge in [-0.05, 0) is 58.6 Å². The fourth-order valence-corrected chi connectivity index (χ4v) is 4.12. The number of piperidine rings is 1. The second kappa shape index (κ2) is 8.58. The molecule has 1 aliphatic rings. The molecule has 0 radical (unpaired) electrons. The van der Waals surface area contributed by atoms with Crippen molar-refractivity contribution in [3.63, 3.8) is 0 Å². The number of fused-ring (bicyclic) bond motifs is 1. The molecule has 170 valence electrons. The van der Waals surface area contributed by atoms with Crippen molar-refractivity contribution in [1.29, 1.82) is 0 Å². The van der Waals surface area contributed by atoms with Crippen LogP contribution < -0.4 is 0 Å². The van der Waals surface area contributed by atoms with Gasteiger partial charge in [0.05, 0.1) is 23.1 Å². The zero-order chi connectivity index (χ0) is 23.0. The Bertz CT molecular complexity index is 1150. The summed E-state index contributed by atoms with van der Waals surface area (Å²) in [7, 11) is 0. The summed E-state index contributed by atoms with van der Waals surface area (Å²) in [5, 5.41) is 14.7. The van der Waals surface area contributed by atoms with Crippen molar-refractivity contribution in [3.05, 3.63) is 35.2 Å². The van der Waals surface area contributed by atoms with Crippen LogP contribution in [0.1, 0.15) is 39.3 Å². The van der Waals surface area contributed by atoms with Crippen LogP contribution in [0, 0.1) is 12.8 Å². The van der Waals surface area contributed by atoms with Gasteiger partial charge in [0, 0.05) is 31.4 Å². The average molecular weight is 458 g/mol. The maximum absolute atomic E-state index is 12.3. The van der Waals surface area contributed by atoms with Crippen LogP contribution in [0.25, 0.3) is 22.3 Å². The first-order chi connectivity index (χ1) is 15.1. The lowest BCUT2D eigenvalue weighted by atomic mass is 9.97. The molecule has 9 heteroatoms. The van der Waals surface area contributed by atoms with E-state index in [0.29, 0.717) is 35.7 Å². The lowest BCUT2D eigenvalue weighted by molar-refractivity contribution is 0.0177. The number of aromatic nitrogens is 4. The minimum atomic E-state index is -0.481. The first-order valence-corrected chi connectivity index (χ1v) is 11.1. The van der Waals surface area contributed by atoms with E-state index in [0.717, 1.165) is 30.6 Å². The van der Waals surface area contributed by atoms with Gasteiger partial charge < -0.3 is 14.7 Å². The molecule has 0 saturated carbocycles. The van der Waals surface area contributed by atoms with Crippen molar-refractivity contribution in [2.24, 2.45) is 5.92 Å². The Morgan fingerprint density at radius 1 is 1.28 bits per heavy atom. The molecule has 32 heavy (non-hydrogen) atoms. The Kier molecular flexibility index (Phi) is 5.99. The van der Waals surface area contributed by atoms with Crippen LogP contribution in [0.3, 0.4) is 0 Å². The molecule has 1 saturated heterocycles. The SMILES string of the molecule is Cc1nn(CC2CCN(C(=O)OC(C)(C)C)CC2)cc1-c1cnc2ccc(O)c(Cl)c2n1. The number of phenolic OH excluding ortho intramolecular Hbond substituents is 1. The number of amides is 1. The molecule has 4 rings (SSSR count). The van der Waals surface area contributed by atoms with Crippen molar-refractivity contribution in [2.75, 3.05) is 13.1 Å². The Labute approximate surface area is 192 Å². The maximum atomic E-state index is 12.3. The number of phenols is 1. The number of hydrogen-bond acceptors (Lipinski definition) is 6. The van der Waals surface area contributed by atoms with E-state index < -0.39 is 5.60 Å². The van der Waals surface area contributed by atoms with Crippen LogP contribution in [-0.4, -0.2) is 54.5 Å².